The Morgan fingerprint density at radius 3 is 1.60 bits per heavy atom. The molecule has 0 fully saturated rings. The Kier molecular flexibility index (Phi) is 2.79. The summed E-state index contributed by atoms with van der Waals surface area (Å²) in [6.07, 6.45) is 0. The number of furan rings is 1. The van der Waals surface area contributed by atoms with Gasteiger partial charge in [0.15, 0.2) is 0 Å². The van der Waals surface area contributed by atoms with Crippen LogP contribution in [0.1, 0.15) is 23.3 Å². The van der Waals surface area contributed by atoms with Gasteiger partial charge in [-0.2, -0.15) is 0 Å². The molecule has 0 aliphatic rings. The maximum Gasteiger partial charge on any atom is 0.136 e. The van der Waals surface area contributed by atoms with Crippen LogP contribution in [-0.2, 0) is 0 Å². The van der Waals surface area contributed by atoms with Gasteiger partial charge in [0.05, 0.1) is 23.3 Å². The normalized spacial score (nSPS) is 17.3. The van der Waals surface area contributed by atoms with Crippen molar-refractivity contribution in [3.05, 3.63) is 157 Å². The second kappa shape index (κ2) is 9.44. The summed E-state index contributed by atoms with van der Waals surface area (Å²) >= 11 is 0. The van der Waals surface area contributed by atoms with E-state index in [-0.39, 0.29) is 54.2 Å². The predicted octanol–water partition coefficient (Wildman–Crippen LogP) is 12.0. The van der Waals surface area contributed by atoms with Gasteiger partial charge in [0, 0.05) is 10.8 Å². The van der Waals surface area contributed by atoms with Gasteiger partial charge in [-0.1, -0.05) is 139 Å². The van der Waals surface area contributed by atoms with Crippen LogP contribution in [0.2, 0.25) is 0 Å². The zero-order valence-electron chi connectivity index (χ0n) is 39.1. The summed E-state index contributed by atoms with van der Waals surface area (Å²) in [5.41, 5.74) is 0.306. The molecule has 0 atom stereocenters. The third-order valence-electron chi connectivity index (χ3n) is 7.60. The van der Waals surface area contributed by atoms with Crippen molar-refractivity contribution in [3.63, 3.8) is 0 Å². The highest BCUT2D eigenvalue weighted by atomic mass is 16.3. The molecule has 1 heteroatoms. The molecule has 0 aliphatic carbocycles. The van der Waals surface area contributed by atoms with E-state index in [1.54, 1.807) is 24.3 Å². The van der Waals surface area contributed by atoms with Crippen LogP contribution >= 0.6 is 0 Å². The smallest absolute Gasteiger partial charge is 0.136 e. The Hall–Kier alpha value is -5.66. The van der Waals surface area contributed by atoms with Crippen molar-refractivity contribution >= 4 is 54.3 Å². The second-order valence-corrected chi connectivity index (χ2v) is 9.95. The van der Waals surface area contributed by atoms with E-state index >= 15 is 0 Å². The van der Waals surface area contributed by atoms with E-state index in [0.29, 0.717) is 5.56 Å². The SMILES string of the molecule is [2H]c1c(-c2c3c([2H])c([2H])c([2H])c([2H])c3c(-c3ccc(-c4ccccc4)cc3)c3c([2H])c([2H])c([2H])c([2H])c23)c([2H])c2c(oc3c([2H])c([2H])c4c([2H])c([2H])c([2H])c([2H])c4c32)c1[2H]. The zero-order chi connectivity index (χ0) is 43.1. The quantitative estimate of drug-likeness (QED) is 0.195. The minimum Gasteiger partial charge on any atom is -0.456 e. The molecule has 1 aromatic heterocycles. The zero-order valence-corrected chi connectivity index (χ0v) is 22.1. The van der Waals surface area contributed by atoms with Gasteiger partial charge in [0.1, 0.15) is 11.2 Å². The van der Waals surface area contributed by atoms with E-state index in [0.717, 1.165) is 11.1 Å². The molecule has 0 unspecified atom stereocenters. The van der Waals surface area contributed by atoms with Crippen molar-refractivity contribution in [2.75, 3.05) is 0 Å². The minimum atomic E-state index is -0.738. The predicted molar refractivity (Wildman–Crippen MR) is 183 cm³/mol. The summed E-state index contributed by atoms with van der Waals surface area (Å²) in [6.45, 7) is 0. The van der Waals surface area contributed by atoms with E-state index in [4.69, 9.17) is 18.1 Å². The van der Waals surface area contributed by atoms with Gasteiger partial charge in [-0.25, -0.2) is 0 Å². The summed E-state index contributed by atoms with van der Waals surface area (Å²) in [4.78, 5) is 0. The molecule has 8 aromatic carbocycles. The van der Waals surface area contributed by atoms with Crippen molar-refractivity contribution in [2.24, 2.45) is 0 Å². The first-order chi connectivity index (χ1) is 28.4. The van der Waals surface area contributed by atoms with Crippen LogP contribution in [-0.4, -0.2) is 0 Å². The Labute approximate surface area is 273 Å². The largest absolute Gasteiger partial charge is 0.456 e. The molecule has 0 aliphatic heterocycles. The Bertz CT molecular complexity index is 3350. The maximum atomic E-state index is 9.80. The molecule has 0 N–H and O–H groups in total. The van der Waals surface area contributed by atoms with Crippen LogP contribution in [0.4, 0.5) is 0 Å². The van der Waals surface area contributed by atoms with Crippen LogP contribution in [0.25, 0.3) is 87.6 Å². The first-order valence-corrected chi connectivity index (χ1v) is 13.4. The average Bonchev–Trinajstić information content (AvgIpc) is 3.66. The van der Waals surface area contributed by atoms with Gasteiger partial charge in [0.25, 0.3) is 0 Å². The molecule has 0 amide bonds. The monoisotopic (exact) mass is 563 g/mol. The lowest BCUT2D eigenvalue weighted by molar-refractivity contribution is 0.669. The van der Waals surface area contributed by atoms with E-state index in [1.807, 2.05) is 30.3 Å². The van der Waals surface area contributed by atoms with Crippen molar-refractivity contribution in [1.82, 2.24) is 0 Å². The third-order valence-corrected chi connectivity index (χ3v) is 7.60. The summed E-state index contributed by atoms with van der Waals surface area (Å²) in [5, 5.41) is -2.18. The molecule has 1 nitrogen and oxygen atoms in total. The molecule has 1 heterocycles. The highest BCUT2D eigenvalue weighted by Gasteiger charge is 2.18. The van der Waals surface area contributed by atoms with Crippen molar-refractivity contribution in [3.8, 4) is 33.4 Å². The molecule has 0 saturated carbocycles. The van der Waals surface area contributed by atoms with Gasteiger partial charge >= 0.3 is 0 Å². The molecule has 0 radical (unpaired) electrons. The van der Waals surface area contributed by atoms with Gasteiger partial charge in [0.2, 0.25) is 0 Å². The fourth-order valence-electron chi connectivity index (χ4n) is 5.70. The lowest BCUT2D eigenvalue weighted by atomic mass is 9.85. The topological polar surface area (TPSA) is 13.1 Å². The number of rotatable bonds is 3. The Morgan fingerprint density at radius 2 is 0.930 bits per heavy atom. The van der Waals surface area contributed by atoms with Crippen molar-refractivity contribution < 1.29 is 27.7 Å². The van der Waals surface area contributed by atoms with Crippen molar-refractivity contribution in [2.45, 2.75) is 0 Å². The average molecular weight is 564 g/mol. The molecule has 0 saturated heterocycles. The van der Waals surface area contributed by atoms with Crippen LogP contribution in [0.3, 0.4) is 0 Å². The van der Waals surface area contributed by atoms with E-state index in [9.17, 15) is 9.60 Å². The number of fused-ring (bicyclic) bond motifs is 7. The van der Waals surface area contributed by atoms with Crippen LogP contribution in [0, 0.1) is 0 Å². The second-order valence-electron chi connectivity index (χ2n) is 9.95. The van der Waals surface area contributed by atoms with Gasteiger partial charge in [-0.05, 0) is 83.8 Å². The lowest BCUT2D eigenvalue weighted by Crippen LogP contribution is -1.91. The van der Waals surface area contributed by atoms with Gasteiger partial charge < -0.3 is 4.42 Å². The minimum absolute atomic E-state index is 0.0326. The highest BCUT2D eigenvalue weighted by molar-refractivity contribution is 6.23. The first kappa shape index (κ1) is 12.7. The molecule has 43 heavy (non-hydrogen) atoms. The van der Waals surface area contributed by atoms with Crippen LogP contribution < -0.4 is 0 Å². The maximum absolute atomic E-state index is 9.80. The van der Waals surface area contributed by atoms with Crippen LogP contribution in [0.15, 0.2) is 162 Å². The summed E-state index contributed by atoms with van der Waals surface area (Å²) in [6, 6.07) is 5.08. The Balaban J connectivity index is 1.56. The number of hydrogen-bond donors (Lipinski definition) is 0. The highest BCUT2D eigenvalue weighted by Crippen LogP contribution is 2.45. The molecular weight excluding hydrogens is 520 g/mol. The molecular formula is C42H26O. The van der Waals surface area contributed by atoms with Crippen molar-refractivity contribution in [1.29, 1.82) is 0 Å². The van der Waals surface area contributed by atoms with Crippen LogP contribution in [0.5, 0.6) is 0 Å². The fraction of sp³-hybridized carbons (Fsp3) is 0. The summed E-state index contributed by atoms with van der Waals surface area (Å²) in [7, 11) is 0. The summed E-state index contributed by atoms with van der Waals surface area (Å²) < 4.78 is 158. The summed E-state index contributed by atoms with van der Waals surface area (Å²) in [5.74, 6) is 0. The fourth-order valence-corrected chi connectivity index (χ4v) is 5.70. The van der Waals surface area contributed by atoms with E-state index in [1.165, 1.54) is 0 Å². The van der Waals surface area contributed by atoms with Gasteiger partial charge in [-0.15, -0.1) is 0 Å². The van der Waals surface area contributed by atoms with Gasteiger partial charge in [-0.3, -0.25) is 0 Å². The molecule has 200 valence electrons. The standard InChI is InChI=1S/C42H26O/c1-2-10-27(11-3-1)28-18-20-30(21-19-28)40-33-14-6-8-16-35(33)41(36-17-9-7-15-34(36)40)31-23-24-38-37(26-31)42-32-13-5-4-12-29(32)22-25-39(42)43-38/h1-26H/i4D,5D,6D,7D,8D,9D,12D,13D,14D,15D,16D,17D,22D,23D,24D,25D,26D. The third kappa shape index (κ3) is 3.72. The molecule has 0 spiro atoms. The Morgan fingerprint density at radius 1 is 0.395 bits per heavy atom. The molecule has 0 bridgehead atoms. The van der Waals surface area contributed by atoms with E-state index in [2.05, 4.69) is 0 Å². The molecule has 9 aromatic rings. The first-order valence-electron chi connectivity index (χ1n) is 21.9. The lowest BCUT2D eigenvalue weighted by Gasteiger charge is -2.18. The number of hydrogen-bond acceptors (Lipinski definition) is 1. The van der Waals surface area contributed by atoms with E-state index < -0.39 is 119 Å². The molecule has 9 rings (SSSR count). The number of benzene rings is 8.